The first kappa shape index (κ1) is 17.0. The van der Waals surface area contributed by atoms with Crippen LogP contribution in [0.3, 0.4) is 0 Å². The Balaban J connectivity index is 2.48. The summed E-state index contributed by atoms with van der Waals surface area (Å²) in [4.78, 5) is 11.6. The van der Waals surface area contributed by atoms with Crippen molar-refractivity contribution < 1.29 is 17.9 Å². The van der Waals surface area contributed by atoms with E-state index in [0.717, 1.165) is 18.4 Å². The van der Waals surface area contributed by atoms with Crippen LogP contribution in [0.5, 0.6) is 0 Å². The van der Waals surface area contributed by atoms with Gasteiger partial charge in [0.05, 0.1) is 11.0 Å². The molecule has 0 aliphatic rings. The zero-order valence-corrected chi connectivity index (χ0v) is 13.2. The lowest BCUT2D eigenvalue weighted by Crippen LogP contribution is -2.15. The standard InChI is InChI=1S/C14H19ClO4S/c1-3-4-11(2)19-14(16)10-7-12-5-8-13(9-6-12)20(15,17)18/h5-6,8-9,11H,3-4,7,10H2,1-2H3. The summed E-state index contributed by atoms with van der Waals surface area (Å²) < 4.78 is 27.4. The highest BCUT2D eigenvalue weighted by Gasteiger charge is 2.11. The molecule has 0 radical (unpaired) electrons. The zero-order valence-electron chi connectivity index (χ0n) is 11.6. The van der Waals surface area contributed by atoms with Gasteiger partial charge in [-0.2, -0.15) is 0 Å². The molecule has 0 amide bonds. The van der Waals surface area contributed by atoms with Crippen LogP contribution in [0.2, 0.25) is 0 Å². The fourth-order valence-corrected chi connectivity index (χ4v) is 2.58. The van der Waals surface area contributed by atoms with Crippen molar-refractivity contribution in [1.29, 1.82) is 0 Å². The number of ether oxygens (including phenoxy) is 1. The monoisotopic (exact) mass is 318 g/mol. The van der Waals surface area contributed by atoms with E-state index in [-0.39, 0.29) is 23.4 Å². The molecule has 112 valence electrons. The largest absolute Gasteiger partial charge is 0.463 e. The second kappa shape index (κ2) is 7.64. The van der Waals surface area contributed by atoms with E-state index in [1.165, 1.54) is 12.1 Å². The lowest BCUT2D eigenvalue weighted by atomic mass is 10.1. The molecule has 0 N–H and O–H groups in total. The van der Waals surface area contributed by atoms with Crippen molar-refractivity contribution in [2.45, 2.75) is 50.5 Å². The van der Waals surface area contributed by atoms with E-state index in [9.17, 15) is 13.2 Å². The van der Waals surface area contributed by atoms with Gasteiger partial charge in [-0.3, -0.25) is 4.79 Å². The predicted octanol–water partition coefficient (Wildman–Crippen LogP) is 3.28. The normalized spacial score (nSPS) is 12.9. The van der Waals surface area contributed by atoms with E-state index in [2.05, 4.69) is 0 Å². The number of rotatable bonds is 7. The third-order valence-electron chi connectivity index (χ3n) is 2.85. The van der Waals surface area contributed by atoms with Crippen molar-refractivity contribution in [3.8, 4) is 0 Å². The van der Waals surface area contributed by atoms with Crippen molar-refractivity contribution >= 4 is 25.7 Å². The molecule has 6 heteroatoms. The fraction of sp³-hybridized carbons (Fsp3) is 0.500. The summed E-state index contributed by atoms with van der Waals surface area (Å²) in [6.07, 6.45) is 2.56. The van der Waals surface area contributed by atoms with E-state index in [1.807, 2.05) is 13.8 Å². The highest BCUT2D eigenvalue weighted by atomic mass is 35.7. The van der Waals surface area contributed by atoms with E-state index in [4.69, 9.17) is 15.4 Å². The molecule has 4 nitrogen and oxygen atoms in total. The molecule has 0 fully saturated rings. The number of carbonyl (C=O) groups excluding carboxylic acids is 1. The minimum Gasteiger partial charge on any atom is -0.463 e. The van der Waals surface area contributed by atoms with Gasteiger partial charge in [-0.1, -0.05) is 25.5 Å². The maximum Gasteiger partial charge on any atom is 0.306 e. The minimum atomic E-state index is -3.69. The van der Waals surface area contributed by atoms with E-state index >= 15 is 0 Å². The van der Waals surface area contributed by atoms with Crippen LogP contribution in [-0.2, 0) is 25.0 Å². The molecule has 20 heavy (non-hydrogen) atoms. The minimum absolute atomic E-state index is 0.0575. The molecule has 0 heterocycles. The molecule has 0 aromatic heterocycles. The number of aryl methyl sites for hydroxylation is 1. The highest BCUT2D eigenvalue weighted by Crippen LogP contribution is 2.16. The van der Waals surface area contributed by atoms with Gasteiger partial charge in [-0.15, -0.1) is 0 Å². The third-order valence-corrected chi connectivity index (χ3v) is 4.22. The van der Waals surface area contributed by atoms with Crippen molar-refractivity contribution in [1.82, 2.24) is 0 Å². The average Bonchev–Trinajstić information content (AvgIpc) is 2.36. The second-order valence-corrected chi connectivity index (χ2v) is 7.24. The maximum atomic E-state index is 11.6. The Morgan fingerprint density at radius 1 is 1.30 bits per heavy atom. The SMILES string of the molecule is CCCC(C)OC(=O)CCc1ccc(S(=O)(=O)Cl)cc1. The first-order valence-corrected chi connectivity index (χ1v) is 8.87. The number of hydrogen-bond donors (Lipinski definition) is 0. The van der Waals surface area contributed by atoms with Crippen molar-refractivity contribution in [2.75, 3.05) is 0 Å². The Bertz CT molecular complexity index is 537. The van der Waals surface area contributed by atoms with Gasteiger partial charge in [0.25, 0.3) is 9.05 Å². The number of esters is 1. The summed E-state index contributed by atoms with van der Waals surface area (Å²) in [5.74, 6) is -0.236. The Hall–Kier alpha value is -1.07. The second-order valence-electron chi connectivity index (χ2n) is 4.67. The van der Waals surface area contributed by atoms with Crippen molar-refractivity contribution in [3.63, 3.8) is 0 Å². The molecule has 0 aliphatic carbocycles. The van der Waals surface area contributed by atoms with Crippen molar-refractivity contribution in [2.24, 2.45) is 0 Å². The predicted molar refractivity (Wildman–Crippen MR) is 78.3 cm³/mol. The Morgan fingerprint density at radius 3 is 2.40 bits per heavy atom. The third kappa shape index (κ3) is 5.92. The number of benzene rings is 1. The Labute approximate surface area is 124 Å². The number of carbonyl (C=O) groups is 1. The van der Waals surface area contributed by atoms with Gasteiger partial charge in [0.2, 0.25) is 0 Å². The number of halogens is 1. The van der Waals surface area contributed by atoms with Crippen LogP contribution in [-0.4, -0.2) is 20.5 Å². The molecule has 1 rings (SSSR count). The van der Waals surface area contributed by atoms with Crippen LogP contribution in [0.4, 0.5) is 0 Å². The molecule has 0 bridgehead atoms. The van der Waals surface area contributed by atoms with Gasteiger partial charge in [-0.05, 0) is 37.5 Å². The average molecular weight is 319 g/mol. The number of hydrogen-bond acceptors (Lipinski definition) is 4. The van der Waals surface area contributed by atoms with E-state index < -0.39 is 9.05 Å². The highest BCUT2D eigenvalue weighted by molar-refractivity contribution is 8.13. The van der Waals surface area contributed by atoms with Gasteiger partial charge < -0.3 is 4.74 Å². The lowest BCUT2D eigenvalue weighted by Gasteiger charge is -2.11. The molecule has 1 aromatic rings. The van der Waals surface area contributed by atoms with Crippen LogP contribution < -0.4 is 0 Å². The summed E-state index contributed by atoms with van der Waals surface area (Å²) in [6, 6.07) is 6.17. The molecule has 1 atom stereocenters. The lowest BCUT2D eigenvalue weighted by molar-refractivity contribution is -0.148. The molecule has 1 unspecified atom stereocenters. The topological polar surface area (TPSA) is 60.4 Å². The quantitative estimate of drug-likeness (QED) is 0.572. The molecule has 0 aliphatic heterocycles. The van der Waals surface area contributed by atoms with Crippen LogP contribution in [0, 0.1) is 0 Å². The summed E-state index contributed by atoms with van der Waals surface area (Å²) in [7, 11) is 1.53. The summed E-state index contributed by atoms with van der Waals surface area (Å²) in [5, 5.41) is 0. The van der Waals surface area contributed by atoms with Gasteiger partial charge in [-0.25, -0.2) is 8.42 Å². The first-order chi connectivity index (χ1) is 9.32. The van der Waals surface area contributed by atoms with Crippen LogP contribution in [0.25, 0.3) is 0 Å². The maximum absolute atomic E-state index is 11.6. The van der Waals surface area contributed by atoms with E-state index in [0.29, 0.717) is 6.42 Å². The smallest absolute Gasteiger partial charge is 0.306 e. The summed E-state index contributed by atoms with van der Waals surface area (Å²) >= 11 is 0. The van der Waals surface area contributed by atoms with Crippen LogP contribution in [0.15, 0.2) is 29.2 Å². The Morgan fingerprint density at radius 2 is 1.90 bits per heavy atom. The van der Waals surface area contributed by atoms with Gasteiger partial charge in [0, 0.05) is 17.1 Å². The van der Waals surface area contributed by atoms with Crippen molar-refractivity contribution in [3.05, 3.63) is 29.8 Å². The van der Waals surface area contributed by atoms with Crippen LogP contribution in [0.1, 0.15) is 38.7 Å². The first-order valence-electron chi connectivity index (χ1n) is 6.56. The van der Waals surface area contributed by atoms with Crippen LogP contribution >= 0.6 is 10.7 Å². The van der Waals surface area contributed by atoms with Gasteiger partial charge in [0.15, 0.2) is 0 Å². The Kier molecular flexibility index (Phi) is 6.49. The molecule has 0 saturated heterocycles. The molecule has 0 saturated carbocycles. The molecule has 0 spiro atoms. The molecular formula is C14H19ClO4S. The molecule has 1 aromatic carbocycles. The zero-order chi connectivity index (χ0) is 15.2. The fourth-order valence-electron chi connectivity index (χ4n) is 1.81. The summed E-state index contributed by atoms with van der Waals surface area (Å²) in [6.45, 7) is 3.92. The molecular weight excluding hydrogens is 300 g/mol. The van der Waals surface area contributed by atoms with Gasteiger partial charge in [0.1, 0.15) is 0 Å². The summed E-state index contributed by atoms with van der Waals surface area (Å²) in [5.41, 5.74) is 0.870. The van der Waals surface area contributed by atoms with E-state index in [1.54, 1.807) is 12.1 Å². The van der Waals surface area contributed by atoms with Gasteiger partial charge >= 0.3 is 5.97 Å².